The molecule has 72 valence electrons. The van der Waals surface area contributed by atoms with Crippen LogP contribution in [0.5, 0.6) is 0 Å². The molecule has 0 N–H and O–H groups in total. The van der Waals surface area contributed by atoms with Crippen molar-refractivity contribution in [2.24, 2.45) is 0 Å². The lowest BCUT2D eigenvalue weighted by molar-refractivity contribution is 0.759. The molecule has 1 aromatic heterocycles. The Morgan fingerprint density at radius 3 is 2.92 bits per heavy atom. The molecule has 0 aliphatic carbocycles. The van der Waals surface area contributed by atoms with Crippen LogP contribution < -0.4 is 4.90 Å². The first-order chi connectivity index (χ1) is 6.16. The van der Waals surface area contributed by atoms with Gasteiger partial charge in [-0.2, -0.15) is 0 Å². The molecule has 1 rings (SSSR count). The van der Waals surface area contributed by atoms with E-state index in [9.17, 15) is 0 Å². The van der Waals surface area contributed by atoms with E-state index in [1.165, 1.54) is 0 Å². The molecule has 0 amide bonds. The van der Waals surface area contributed by atoms with E-state index in [0.717, 1.165) is 10.2 Å². The topological polar surface area (TPSA) is 16.1 Å². The van der Waals surface area contributed by atoms with Gasteiger partial charge in [-0.3, -0.25) is 4.98 Å². The summed E-state index contributed by atoms with van der Waals surface area (Å²) in [5.41, 5.74) is 1.11. The standard InChI is InChI=1S/C9H12BrClN2/c1-7(5-11)13(2)9-3-4-12-6-8(9)10/h3-4,6-7H,5H2,1-2H3. The second-order valence-corrected chi connectivity index (χ2v) is 4.10. The summed E-state index contributed by atoms with van der Waals surface area (Å²) in [6.45, 7) is 2.08. The summed E-state index contributed by atoms with van der Waals surface area (Å²) >= 11 is 9.22. The first kappa shape index (κ1) is 10.8. The van der Waals surface area contributed by atoms with Crippen LogP contribution in [0.15, 0.2) is 22.9 Å². The highest BCUT2D eigenvalue weighted by molar-refractivity contribution is 9.10. The molecule has 0 radical (unpaired) electrons. The van der Waals surface area contributed by atoms with E-state index >= 15 is 0 Å². The Kier molecular flexibility index (Phi) is 4.00. The van der Waals surface area contributed by atoms with Gasteiger partial charge in [0, 0.05) is 31.4 Å². The minimum Gasteiger partial charge on any atom is -0.370 e. The number of anilines is 1. The lowest BCUT2D eigenvalue weighted by Crippen LogP contribution is -2.30. The highest BCUT2D eigenvalue weighted by Gasteiger charge is 2.10. The summed E-state index contributed by atoms with van der Waals surface area (Å²) in [6, 6.07) is 2.29. The average Bonchev–Trinajstić information content (AvgIpc) is 2.16. The Morgan fingerprint density at radius 1 is 1.69 bits per heavy atom. The molecule has 0 bridgehead atoms. The predicted octanol–water partition coefficient (Wildman–Crippen LogP) is 2.91. The highest BCUT2D eigenvalue weighted by Crippen LogP contribution is 2.25. The Labute approximate surface area is 92.0 Å². The number of nitrogens with zero attached hydrogens (tertiary/aromatic N) is 2. The largest absolute Gasteiger partial charge is 0.370 e. The molecule has 4 heteroatoms. The van der Waals surface area contributed by atoms with Crippen molar-refractivity contribution in [2.75, 3.05) is 17.8 Å². The third-order valence-corrected chi connectivity index (χ3v) is 3.07. The fourth-order valence-corrected chi connectivity index (χ4v) is 1.73. The van der Waals surface area contributed by atoms with Crippen molar-refractivity contribution in [2.45, 2.75) is 13.0 Å². The maximum absolute atomic E-state index is 5.78. The Bertz CT molecular complexity index is 280. The van der Waals surface area contributed by atoms with E-state index in [1.54, 1.807) is 12.4 Å². The first-order valence-electron chi connectivity index (χ1n) is 4.05. The van der Waals surface area contributed by atoms with Gasteiger partial charge in [-0.15, -0.1) is 11.6 Å². The van der Waals surface area contributed by atoms with Crippen molar-refractivity contribution in [3.63, 3.8) is 0 Å². The van der Waals surface area contributed by atoms with Gasteiger partial charge < -0.3 is 4.90 Å². The van der Waals surface area contributed by atoms with E-state index in [2.05, 4.69) is 32.7 Å². The smallest absolute Gasteiger partial charge is 0.0592 e. The van der Waals surface area contributed by atoms with Crippen LogP contribution in [-0.2, 0) is 0 Å². The summed E-state index contributed by atoms with van der Waals surface area (Å²) in [4.78, 5) is 6.13. The Balaban J connectivity index is 2.88. The maximum Gasteiger partial charge on any atom is 0.0592 e. The van der Waals surface area contributed by atoms with Crippen molar-refractivity contribution in [1.29, 1.82) is 0 Å². The van der Waals surface area contributed by atoms with Gasteiger partial charge in [0.2, 0.25) is 0 Å². The van der Waals surface area contributed by atoms with Crippen LogP contribution in [-0.4, -0.2) is 24.0 Å². The summed E-state index contributed by atoms with van der Waals surface area (Å²) in [6.07, 6.45) is 3.56. The number of alkyl halides is 1. The normalized spacial score (nSPS) is 12.6. The maximum atomic E-state index is 5.78. The molecule has 1 atom stereocenters. The highest BCUT2D eigenvalue weighted by atomic mass is 79.9. The van der Waals surface area contributed by atoms with Gasteiger partial charge in [-0.1, -0.05) is 0 Å². The zero-order chi connectivity index (χ0) is 9.84. The number of halogens is 2. The van der Waals surface area contributed by atoms with Gasteiger partial charge in [-0.05, 0) is 28.9 Å². The molecule has 0 spiro atoms. The van der Waals surface area contributed by atoms with Crippen LogP contribution in [0, 0.1) is 0 Å². The fraction of sp³-hybridized carbons (Fsp3) is 0.444. The minimum absolute atomic E-state index is 0.320. The van der Waals surface area contributed by atoms with Crippen molar-refractivity contribution in [1.82, 2.24) is 4.98 Å². The van der Waals surface area contributed by atoms with Crippen LogP contribution in [0.2, 0.25) is 0 Å². The third-order valence-electron chi connectivity index (χ3n) is 2.02. The van der Waals surface area contributed by atoms with Gasteiger partial charge >= 0.3 is 0 Å². The van der Waals surface area contributed by atoms with E-state index in [0.29, 0.717) is 11.9 Å². The van der Waals surface area contributed by atoms with E-state index in [4.69, 9.17) is 11.6 Å². The number of hydrogen-bond donors (Lipinski definition) is 0. The monoisotopic (exact) mass is 262 g/mol. The van der Waals surface area contributed by atoms with E-state index in [1.807, 2.05) is 13.1 Å². The lowest BCUT2D eigenvalue weighted by atomic mass is 10.3. The molecule has 0 aliphatic heterocycles. The van der Waals surface area contributed by atoms with Crippen molar-refractivity contribution in [3.8, 4) is 0 Å². The zero-order valence-electron chi connectivity index (χ0n) is 7.67. The molecule has 0 aliphatic rings. The first-order valence-corrected chi connectivity index (χ1v) is 5.38. The van der Waals surface area contributed by atoms with Crippen LogP contribution in [0.3, 0.4) is 0 Å². The zero-order valence-corrected chi connectivity index (χ0v) is 10.0. The summed E-state index contributed by atoms with van der Waals surface area (Å²) in [5, 5.41) is 0. The molecule has 13 heavy (non-hydrogen) atoms. The van der Waals surface area contributed by atoms with Crippen LogP contribution in [0.4, 0.5) is 5.69 Å². The van der Waals surface area contributed by atoms with Gasteiger partial charge in [-0.25, -0.2) is 0 Å². The molecule has 0 saturated heterocycles. The van der Waals surface area contributed by atoms with Gasteiger partial charge in [0.15, 0.2) is 0 Å². The SMILES string of the molecule is CC(CCl)N(C)c1ccncc1Br. The molecule has 0 fully saturated rings. The number of aromatic nitrogens is 1. The quantitative estimate of drug-likeness (QED) is 0.780. The summed E-state index contributed by atoms with van der Waals surface area (Å²) < 4.78 is 0.995. The Morgan fingerprint density at radius 2 is 2.38 bits per heavy atom. The summed E-state index contributed by atoms with van der Waals surface area (Å²) in [7, 11) is 2.02. The molecular weight excluding hydrogens is 251 g/mol. The van der Waals surface area contributed by atoms with Crippen LogP contribution in [0.25, 0.3) is 0 Å². The lowest BCUT2D eigenvalue weighted by Gasteiger charge is -2.25. The van der Waals surface area contributed by atoms with E-state index in [-0.39, 0.29) is 0 Å². The average molecular weight is 264 g/mol. The second kappa shape index (κ2) is 4.82. The van der Waals surface area contributed by atoms with Crippen LogP contribution >= 0.6 is 27.5 Å². The molecule has 0 aromatic carbocycles. The Hall–Kier alpha value is -0.280. The number of hydrogen-bond acceptors (Lipinski definition) is 2. The van der Waals surface area contributed by atoms with Crippen LogP contribution in [0.1, 0.15) is 6.92 Å². The van der Waals surface area contributed by atoms with Crippen molar-refractivity contribution < 1.29 is 0 Å². The van der Waals surface area contributed by atoms with Gasteiger partial charge in [0.25, 0.3) is 0 Å². The molecule has 1 unspecified atom stereocenters. The second-order valence-electron chi connectivity index (χ2n) is 2.94. The third kappa shape index (κ3) is 2.58. The van der Waals surface area contributed by atoms with E-state index < -0.39 is 0 Å². The predicted molar refractivity (Wildman–Crippen MR) is 60.5 cm³/mol. The van der Waals surface area contributed by atoms with Gasteiger partial charge in [0.1, 0.15) is 0 Å². The fourth-order valence-electron chi connectivity index (χ4n) is 0.995. The van der Waals surface area contributed by atoms with Crippen molar-refractivity contribution in [3.05, 3.63) is 22.9 Å². The molecule has 1 heterocycles. The molecular formula is C9H12BrClN2. The van der Waals surface area contributed by atoms with Gasteiger partial charge in [0.05, 0.1) is 10.2 Å². The minimum atomic E-state index is 0.320. The summed E-state index contributed by atoms with van der Waals surface area (Å²) in [5.74, 6) is 0.616. The number of pyridine rings is 1. The number of rotatable bonds is 3. The van der Waals surface area contributed by atoms with Crippen molar-refractivity contribution >= 4 is 33.2 Å². The molecule has 2 nitrogen and oxygen atoms in total. The molecule has 0 saturated carbocycles. The molecule has 1 aromatic rings.